The molecule has 1 saturated heterocycles. The molecule has 156 valence electrons. The van der Waals surface area contributed by atoms with Crippen LogP contribution in [0.2, 0.25) is 0 Å². The van der Waals surface area contributed by atoms with Crippen LogP contribution in [0.1, 0.15) is 29.7 Å². The van der Waals surface area contributed by atoms with Gasteiger partial charge in [-0.05, 0) is 43.5 Å². The van der Waals surface area contributed by atoms with Crippen LogP contribution in [0.15, 0.2) is 53.4 Å². The van der Waals surface area contributed by atoms with Crippen molar-refractivity contribution >= 4 is 15.9 Å². The van der Waals surface area contributed by atoms with E-state index in [4.69, 9.17) is 0 Å². The zero-order valence-corrected chi connectivity index (χ0v) is 18.1. The number of hydrogen-bond donors (Lipinski definition) is 1. The molecule has 0 unspecified atom stereocenters. The van der Waals surface area contributed by atoms with Gasteiger partial charge in [-0.1, -0.05) is 42.5 Å². The number of carbonyl (C=O) groups excluding carboxylic acids is 1. The van der Waals surface area contributed by atoms with Crippen LogP contribution in [0.3, 0.4) is 0 Å². The summed E-state index contributed by atoms with van der Waals surface area (Å²) in [7, 11) is -3.52. The first-order valence-corrected chi connectivity index (χ1v) is 11.4. The van der Waals surface area contributed by atoms with E-state index in [2.05, 4.69) is 5.32 Å². The monoisotopic (exact) mass is 415 g/mol. The van der Waals surface area contributed by atoms with E-state index in [9.17, 15) is 13.2 Å². The van der Waals surface area contributed by atoms with Crippen LogP contribution in [0.25, 0.3) is 0 Å². The molecule has 1 fully saturated rings. The summed E-state index contributed by atoms with van der Waals surface area (Å²) in [4.78, 5) is 14.8. The lowest BCUT2D eigenvalue weighted by molar-refractivity contribution is -0.123. The Kier molecular flexibility index (Phi) is 6.72. The molecule has 3 rings (SSSR count). The Bertz CT molecular complexity index is 953. The predicted molar refractivity (Wildman–Crippen MR) is 114 cm³/mol. The van der Waals surface area contributed by atoms with E-state index < -0.39 is 10.0 Å². The smallest absolute Gasteiger partial charge is 0.243 e. The molecule has 7 heteroatoms. The highest BCUT2D eigenvalue weighted by molar-refractivity contribution is 7.89. The number of sulfonamides is 1. The summed E-state index contributed by atoms with van der Waals surface area (Å²) in [5.41, 5.74) is 2.75. The van der Waals surface area contributed by atoms with Gasteiger partial charge in [-0.15, -0.1) is 0 Å². The van der Waals surface area contributed by atoms with Crippen LogP contribution in [0, 0.1) is 13.8 Å². The van der Waals surface area contributed by atoms with Gasteiger partial charge in [0.1, 0.15) is 0 Å². The second-order valence-electron chi connectivity index (χ2n) is 7.65. The highest BCUT2D eigenvalue weighted by Gasteiger charge is 2.30. The van der Waals surface area contributed by atoms with Crippen LogP contribution in [-0.2, 0) is 14.8 Å². The van der Waals surface area contributed by atoms with Crippen molar-refractivity contribution in [3.05, 3.63) is 65.2 Å². The minimum atomic E-state index is -3.52. The van der Waals surface area contributed by atoms with E-state index in [1.807, 2.05) is 68.1 Å². The Morgan fingerprint density at radius 3 is 2.34 bits per heavy atom. The molecular weight excluding hydrogens is 386 g/mol. The molecule has 2 aromatic carbocycles. The normalized spacial score (nSPS) is 17.1. The molecule has 1 atom stereocenters. The summed E-state index contributed by atoms with van der Waals surface area (Å²) < 4.78 is 27.6. The van der Waals surface area contributed by atoms with Crippen LogP contribution in [-0.4, -0.2) is 56.3 Å². The first kappa shape index (κ1) is 21.5. The van der Waals surface area contributed by atoms with Gasteiger partial charge in [-0.2, -0.15) is 4.31 Å². The van der Waals surface area contributed by atoms with Gasteiger partial charge in [0, 0.05) is 26.2 Å². The topological polar surface area (TPSA) is 69.7 Å². The van der Waals surface area contributed by atoms with Gasteiger partial charge in [-0.25, -0.2) is 8.42 Å². The fourth-order valence-corrected chi connectivity index (χ4v) is 5.30. The SMILES string of the molecule is Cc1ccc(C)c(S(=O)(=O)N2CCN(CC(=O)N[C@@H](C)c3ccccc3)CC2)c1. The number of nitrogens with zero attached hydrogens (tertiary/aromatic N) is 2. The van der Waals surface area contributed by atoms with E-state index in [0.717, 1.165) is 16.7 Å². The Balaban J connectivity index is 1.55. The van der Waals surface area contributed by atoms with Crippen molar-refractivity contribution in [2.75, 3.05) is 32.7 Å². The minimum absolute atomic E-state index is 0.0489. The van der Waals surface area contributed by atoms with Crippen molar-refractivity contribution < 1.29 is 13.2 Å². The largest absolute Gasteiger partial charge is 0.348 e. The maximum absolute atomic E-state index is 13.0. The fourth-order valence-electron chi connectivity index (χ4n) is 3.57. The summed E-state index contributed by atoms with van der Waals surface area (Å²) in [6, 6.07) is 15.3. The molecule has 1 aliphatic rings. The first-order chi connectivity index (χ1) is 13.8. The van der Waals surface area contributed by atoms with Crippen LogP contribution in [0.4, 0.5) is 0 Å². The van der Waals surface area contributed by atoms with E-state index in [1.165, 1.54) is 4.31 Å². The number of nitrogens with one attached hydrogen (secondary N) is 1. The zero-order chi connectivity index (χ0) is 21.0. The molecule has 0 aliphatic carbocycles. The van der Waals surface area contributed by atoms with E-state index >= 15 is 0 Å². The van der Waals surface area contributed by atoms with E-state index in [0.29, 0.717) is 31.1 Å². The Hall–Kier alpha value is -2.22. The average Bonchev–Trinajstić information content (AvgIpc) is 2.70. The quantitative estimate of drug-likeness (QED) is 0.787. The Labute approximate surface area is 173 Å². The number of carbonyl (C=O) groups is 1. The first-order valence-electron chi connectivity index (χ1n) is 9.91. The van der Waals surface area contributed by atoms with Gasteiger partial charge in [0.05, 0.1) is 17.5 Å². The molecule has 0 bridgehead atoms. The second-order valence-corrected chi connectivity index (χ2v) is 9.56. The molecule has 1 aliphatic heterocycles. The highest BCUT2D eigenvalue weighted by atomic mass is 32.2. The van der Waals surface area contributed by atoms with Crippen LogP contribution < -0.4 is 5.32 Å². The third-order valence-electron chi connectivity index (χ3n) is 5.34. The molecule has 0 saturated carbocycles. The Morgan fingerprint density at radius 1 is 1.03 bits per heavy atom. The third-order valence-corrected chi connectivity index (χ3v) is 7.38. The van der Waals surface area contributed by atoms with Crippen molar-refractivity contribution in [1.82, 2.24) is 14.5 Å². The maximum atomic E-state index is 13.0. The summed E-state index contributed by atoms with van der Waals surface area (Å²) in [5, 5.41) is 3.01. The number of rotatable bonds is 6. The molecular formula is C22H29N3O3S. The third kappa shape index (κ3) is 5.23. The van der Waals surface area contributed by atoms with Gasteiger partial charge < -0.3 is 5.32 Å². The molecule has 1 heterocycles. The molecule has 0 aromatic heterocycles. The van der Waals surface area contributed by atoms with Crippen molar-refractivity contribution in [1.29, 1.82) is 0 Å². The van der Waals surface area contributed by atoms with Gasteiger partial charge in [-0.3, -0.25) is 9.69 Å². The van der Waals surface area contributed by atoms with Crippen molar-refractivity contribution in [2.24, 2.45) is 0 Å². The average molecular weight is 416 g/mol. The lowest BCUT2D eigenvalue weighted by Crippen LogP contribution is -2.51. The number of aryl methyl sites for hydroxylation is 2. The van der Waals surface area contributed by atoms with Crippen LogP contribution >= 0.6 is 0 Å². The molecule has 1 amide bonds. The molecule has 0 radical (unpaired) electrons. The molecule has 2 aromatic rings. The summed E-state index contributed by atoms with van der Waals surface area (Å²) in [5.74, 6) is -0.0489. The van der Waals surface area contributed by atoms with E-state index in [1.54, 1.807) is 6.07 Å². The minimum Gasteiger partial charge on any atom is -0.348 e. The summed E-state index contributed by atoms with van der Waals surface area (Å²) in [6.45, 7) is 7.80. The summed E-state index contributed by atoms with van der Waals surface area (Å²) in [6.07, 6.45) is 0. The zero-order valence-electron chi connectivity index (χ0n) is 17.3. The lowest BCUT2D eigenvalue weighted by Gasteiger charge is -2.34. The standard InChI is InChI=1S/C22H29N3O3S/c1-17-9-10-18(2)21(15-17)29(27,28)25-13-11-24(12-14-25)16-22(26)23-19(3)20-7-5-4-6-8-20/h4-10,15,19H,11-14,16H2,1-3H3,(H,23,26)/t19-/m0/s1. The highest BCUT2D eigenvalue weighted by Crippen LogP contribution is 2.22. The van der Waals surface area contributed by atoms with Crippen molar-refractivity contribution in [3.8, 4) is 0 Å². The van der Waals surface area contributed by atoms with Crippen molar-refractivity contribution in [3.63, 3.8) is 0 Å². The molecule has 0 spiro atoms. The van der Waals surface area contributed by atoms with Gasteiger partial charge >= 0.3 is 0 Å². The number of piperazine rings is 1. The Morgan fingerprint density at radius 2 is 1.69 bits per heavy atom. The van der Waals surface area contributed by atoms with Crippen LogP contribution in [0.5, 0.6) is 0 Å². The number of amides is 1. The summed E-state index contributed by atoms with van der Waals surface area (Å²) >= 11 is 0. The maximum Gasteiger partial charge on any atom is 0.243 e. The van der Waals surface area contributed by atoms with Crippen molar-refractivity contribution in [2.45, 2.75) is 31.7 Å². The molecule has 6 nitrogen and oxygen atoms in total. The van der Waals surface area contributed by atoms with Gasteiger partial charge in [0.15, 0.2) is 0 Å². The molecule has 29 heavy (non-hydrogen) atoms. The number of hydrogen-bond acceptors (Lipinski definition) is 4. The number of benzene rings is 2. The van der Waals surface area contributed by atoms with E-state index in [-0.39, 0.29) is 18.5 Å². The second kappa shape index (κ2) is 9.07. The fraction of sp³-hybridized carbons (Fsp3) is 0.409. The lowest BCUT2D eigenvalue weighted by atomic mass is 10.1. The predicted octanol–water partition coefficient (Wildman–Crippen LogP) is 2.49. The molecule has 1 N–H and O–H groups in total. The van der Waals surface area contributed by atoms with Gasteiger partial charge in [0.25, 0.3) is 0 Å². The van der Waals surface area contributed by atoms with Gasteiger partial charge in [0.2, 0.25) is 15.9 Å².